The molecule has 13 nitrogen and oxygen atoms in total. The topological polar surface area (TPSA) is 230 Å². The van der Waals surface area contributed by atoms with Crippen LogP contribution in [0.25, 0.3) is 10.9 Å². The molecule has 3 rings (SSSR count). The number of aromatic hydroxyl groups is 1. The fourth-order valence-electron chi connectivity index (χ4n) is 4.43. The van der Waals surface area contributed by atoms with E-state index < -0.39 is 60.2 Å². The van der Waals surface area contributed by atoms with Crippen molar-refractivity contribution in [3.05, 3.63) is 65.9 Å². The van der Waals surface area contributed by atoms with Gasteiger partial charge in [-0.3, -0.25) is 19.2 Å². The molecule has 230 valence electrons. The third-order valence-electron chi connectivity index (χ3n) is 6.72. The van der Waals surface area contributed by atoms with Crippen molar-refractivity contribution in [3.63, 3.8) is 0 Å². The third kappa shape index (κ3) is 9.75. The highest BCUT2D eigenvalue weighted by molar-refractivity contribution is 7.98. The Hall–Kier alpha value is -4.56. The molecule has 0 spiro atoms. The maximum absolute atomic E-state index is 13.5. The highest BCUT2D eigenvalue weighted by atomic mass is 32.2. The molecule has 0 aliphatic carbocycles. The number of para-hydroxylation sites is 1. The zero-order valence-electron chi connectivity index (χ0n) is 23.5. The first-order chi connectivity index (χ1) is 20.5. The second kappa shape index (κ2) is 15.6. The van der Waals surface area contributed by atoms with E-state index >= 15 is 0 Å². The van der Waals surface area contributed by atoms with E-state index in [4.69, 9.17) is 11.5 Å². The number of fused-ring (bicyclic) bond motifs is 1. The van der Waals surface area contributed by atoms with E-state index in [1.54, 1.807) is 18.3 Å². The number of benzene rings is 2. The minimum atomic E-state index is -1.32. The number of phenols is 1. The number of phenolic OH excluding ortho intramolecular Hbond substituents is 1. The van der Waals surface area contributed by atoms with Gasteiger partial charge in [0.2, 0.25) is 23.6 Å². The largest absolute Gasteiger partial charge is 0.508 e. The predicted octanol–water partition coefficient (Wildman–Crippen LogP) is 0.154. The molecule has 0 saturated carbocycles. The number of carboxylic acids is 1. The highest BCUT2D eigenvalue weighted by Gasteiger charge is 2.31. The number of aromatic amines is 1. The first-order valence-electron chi connectivity index (χ1n) is 13.5. The molecule has 0 aliphatic heterocycles. The predicted molar refractivity (Wildman–Crippen MR) is 162 cm³/mol. The summed E-state index contributed by atoms with van der Waals surface area (Å²) in [6.07, 6.45) is 3.22. The summed E-state index contributed by atoms with van der Waals surface area (Å²) < 4.78 is 0. The van der Waals surface area contributed by atoms with Crippen LogP contribution in [0.4, 0.5) is 0 Å². The Morgan fingerprint density at radius 3 is 2.16 bits per heavy atom. The molecule has 4 unspecified atom stereocenters. The number of rotatable bonds is 16. The van der Waals surface area contributed by atoms with Gasteiger partial charge in [-0.25, -0.2) is 4.79 Å². The second-order valence-corrected chi connectivity index (χ2v) is 11.0. The van der Waals surface area contributed by atoms with E-state index in [9.17, 15) is 34.2 Å². The van der Waals surface area contributed by atoms with Crippen LogP contribution in [-0.2, 0) is 36.8 Å². The Balaban J connectivity index is 1.82. The maximum Gasteiger partial charge on any atom is 0.326 e. The van der Waals surface area contributed by atoms with Gasteiger partial charge in [0, 0.05) is 29.9 Å². The lowest BCUT2D eigenvalue weighted by Gasteiger charge is -2.25. The van der Waals surface area contributed by atoms with Crippen molar-refractivity contribution in [2.75, 3.05) is 12.0 Å². The van der Waals surface area contributed by atoms with Crippen LogP contribution in [0.15, 0.2) is 54.7 Å². The van der Waals surface area contributed by atoms with Gasteiger partial charge in [0.05, 0.1) is 12.5 Å². The molecular weight excluding hydrogens is 576 g/mol. The lowest BCUT2D eigenvalue weighted by Crippen LogP contribution is -2.58. The molecule has 4 atom stereocenters. The number of nitrogens with two attached hydrogens (primary N) is 2. The summed E-state index contributed by atoms with van der Waals surface area (Å²) in [6.45, 7) is 0. The Kier molecular flexibility index (Phi) is 12.0. The van der Waals surface area contributed by atoms with Crippen LogP contribution >= 0.6 is 11.8 Å². The Morgan fingerprint density at radius 2 is 1.51 bits per heavy atom. The fraction of sp³-hybridized carbons (Fsp3) is 0.345. The van der Waals surface area contributed by atoms with Crippen LogP contribution in [0.3, 0.4) is 0 Å². The molecule has 2 aromatic carbocycles. The van der Waals surface area contributed by atoms with Gasteiger partial charge in [-0.05, 0) is 47.8 Å². The van der Waals surface area contributed by atoms with E-state index in [-0.39, 0.29) is 25.0 Å². The standard InChI is InChI=1S/C29H36N6O7S/c1-43-11-10-22(33-26(38)20(30)14-25(31)37)27(39)34-23(12-16-6-8-18(36)9-7-16)28(40)35-24(29(41)42)13-17-15-32-21-5-3-2-4-19(17)21/h2-9,15,20,22-24,32,36H,10-14,30H2,1H3,(H2,31,37)(H,33,38)(H,34,39)(H,35,40)(H,41,42). The Morgan fingerprint density at radius 1 is 0.884 bits per heavy atom. The number of hydrogen-bond donors (Lipinski definition) is 8. The molecule has 4 amide bonds. The number of primary amides is 1. The number of H-pyrrole nitrogens is 1. The summed E-state index contributed by atoms with van der Waals surface area (Å²) in [7, 11) is 0. The van der Waals surface area contributed by atoms with Gasteiger partial charge < -0.3 is 42.6 Å². The average Bonchev–Trinajstić information content (AvgIpc) is 3.37. The monoisotopic (exact) mass is 612 g/mol. The van der Waals surface area contributed by atoms with Gasteiger partial charge >= 0.3 is 5.97 Å². The quantitative estimate of drug-likeness (QED) is 0.110. The highest BCUT2D eigenvalue weighted by Crippen LogP contribution is 2.19. The van der Waals surface area contributed by atoms with Crippen molar-refractivity contribution >= 4 is 52.3 Å². The van der Waals surface area contributed by atoms with Gasteiger partial charge in [0.15, 0.2) is 0 Å². The van der Waals surface area contributed by atoms with Gasteiger partial charge in [-0.1, -0.05) is 30.3 Å². The second-order valence-electron chi connectivity index (χ2n) is 10.0. The number of hydrogen-bond acceptors (Lipinski definition) is 8. The average molecular weight is 613 g/mol. The molecule has 0 radical (unpaired) electrons. The van der Waals surface area contributed by atoms with Crippen LogP contribution in [0.2, 0.25) is 0 Å². The van der Waals surface area contributed by atoms with Gasteiger partial charge in [-0.15, -0.1) is 0 Å². The number of carbonyl (C=O) groups excluding carboxylic acids is 4. The first-order valence-corrected chi connectivity index (χ1v) is 14.9. The smallest absolute Gasteiger partial charge is 0.326 e. The minimum absolute atomic E-state index is 0.00518. The Bertz CT molecular complexity index is 1440. The molecule has 1 aromatic heterocycles. The van der Waals surface area contributed by atoms with Crippen molar-refractivity contribution in [1.82, 2.24) is 20.9 Å². The molecule has 10 N–H and O–H groups in total. The number of nitrogens with one attached hydrogen (secondary N) is 4. The summed E-state index contributed by atoms with van der Waals surface area (Å²) in [4.78, 5) is 66.0. The molecular formula is C29H36N6O7S. The first kappa shape index (κ1) is 32.9. The molecule has 3 aromatic rings. The van der Waals surface area contributed by atoms with Crippen LogP contribution < -0.4 is 27.4 Å². The number of thioether (sulfide) groups is 1. The summed E-state index contributed by atoms with van der Waals surface area (Å²) >= 11 is 1.43. The summed E-state index contributed by atoms with van der Waals surface area (Å²) in [5.41, 5.74) is 13.0. The fourth-order valence-corrected chi connectivity index (χ4v) is 4.91. The molecule has 0 aliphatic rings. The molecule has 0 fully saturated rings. The van der Waals surface area contributed by atoms with Crippen LogP contribution in [0.5, 0.6) is 5.75 Å². The maximum atomic E-state index is 13.5. The minimum Gasteiger partial charge on any atom is -0.508 e. The lowest BCUT2D eigenvalue weighted by molar-refractivity contribution is -0.142. The van der Waals surface area contributed by atoms with Crippen LogP contribution in [0, 0.1) is 0 Å². The molecule has 14 heteroatoms. The van der Waals surface area contributed by atoms with Gasteiger partial charge in [0.25, 0.3) is 0 Å². The molecule has 1 heterocycles. The summed E-state index contributed by atoms with van der Waals surface area (Å²) in [5.74, 6) is -3.77. The normalized spacial score (nSPS) is 13.8. The van der Waals surface area contributed by atoms with E-state index in [1.807, 2.05) is 30.5 Å². The zero-order valence-corrected chi connectivity index (χ0v) is 24.4. The zero-order chi connectivity index (χ0) is 31.5. The lowest BCUT2D eigenvalue weighted by atomic mass is 10.0. The van der Waals surface area contributed by atoms with Crippen molar-refractivity contribution in [3.8, 4) is 5.75 Å². The third-order valence-corrected chi connectivity index (χ3v) is 7.37. The number of carbonyl (C=O) groups is 5. The van der Waals surface area contributed by atoms with Gasteiger partial charge in [-0.2, -0.15) is 11.8 Å². The van der Waals surface area contributed by atoms with E-state index in [0.29, 0.717) is 16.9 Å². The summed E-state index contributed by atoms with van der Waals surface area (Å²) in [5, 5.41) is 28.1. The number of amides is 4. The number of aliphatic carboxylic acids is 1. The SMILES string of the molecule is CSCCC(NC(=O)C(N)CC(N)=O)C(=O)NC(Cc1ccc(O)cc1)C(=O)NC(Cc1c[nH]c2ccccc12)C(=O)O. The molecule has 43 heavy (non-hydrogen) atoms. The molecule has 0 bridgehead atoms. The van der Waals surface area contributed by atoms with Crippen molar-refractivity contribution < 1.29 is 34.2 Å². The van der Waals surface area contributed by atoms with Gasteiger partial charge in [0.1, 0.15) is 23.9 Å². The van der Waals surface area contributed by atoms with Crippen molar-refractivity contribution in [2.24, 2.45) is 11.5 Å². The number of aromatic nitrogens is 1. The van der Waals surface area contributed by atoms with Crippen molar-refractivity contribution in [2.45, 2.75) is 49.9 Å². The van der Waals surface area contributed by atoms with E-state index in [0.717, 1.165) is 10.9 Å². The van der Waals surface area contributed by atoms with Crippen LogP contribution in [-0.4, -0.2) is 81.0 Å². The van der Waals surface area contributed by atoms with E-state index in [1.165, 1.54) is 23.9 Å². The number of carboxylic acid groups (broad SMARTS) is 1. The summed E-state index contributed by atoms with van der Waals surface area (Å²) in [6, 6.07) is 8.41. The van der Waals surface area contributed by atoms with Crippen molar-refractivity contribution in [1.29, 1.82) is 0 Å². The Labute approximate surface area is 252 Å². The molecule has 0 saturated heterocycles. The van der Waals surface area contributed by atoms with E-state index in [2.05, 4.69) is 20.9 Å². The van der Waals surface area contributed by atoms with Crippen LogP contribution in [0.1, 0.15) is 24.0 Å².